The number of nitrogens with one attached hydrogen (secondary N) is 1. The average Bonchev–Trinajstić information content (AvgIpc) is 2.63. The van der Waals surface area contributed by atoms with Crippen molar-refractivity contribution in [2.45, 2.75) is 47.7 Å². The van der Waals surface area contributed by atoms with E-state index in [0.717, 1.165) is 0 Å². The molecule has 2 rings (SSSR count). The molecule has 1 aliphatic carbocycles. The molecule has 1 atom stereocenters. The van der Waals surface area contributed by atoms with E-state index in [1.54, 1.807) is 16.7 Å². The molecule has 0 aromatic heterocycles. The molecule has 23 heavy (non-hydrogen) atoms. The van der Waals surface area contributed by atoms with Gasteiger partial charge in [-0.25, -0.2) is 0 Å². The van der Waals surface area contributed by atoms with E-state index >= 15 is 0 Å². The Morgan fingerprint density at radius 2 is 1.52 bits per heavy atom. The summed E-state index contributed by atoms with van der Waals surface area (Å²) in [5.74, 6) is 0.0125. The van der Waals surface area contributed by atoms with Crippen LogP contribution >= 0.6 is 0 Å². The molecular weight excluding hydrogens is 420 g/mol. The Bertz CT molecular complexity index is 611. The van der Waals surface area contributed by atoms with Crippen molar-refractivity contribution < 1.29 is 46.0 Å². The second-order valence-corrected chi connectivity index (χ2v) is 24.8. The van der Waals surface area contributed by atoms with Crippen LogP contribution in [0.2, 0.25) is 13.1 Å². The maximum absolute atomic E-state index is 4.06. The fourth-order valence-electron chi connectivity index (χ4n) is 3.18. The van der Waals surface area contributed by atoms with Gasteiger partial charge in [0.1, 0.15) is 0 Å². The molecule has 0 saturated heterocycles. The molecule has 0 amide bonds. The topological polar surface area (TPSA) is 12.0 Å². The van der Waals surface area contributed by atoms with Crippen molar-refractivity contribution in [3.05, 3.63) is 49.8 Å². The van der Waals surface area contributed by atoms with E-state index in [1.165, 1.54) is 11.3 Å². The molecule has 0 aliphatic heterocycles. The van der Waals surface area contributed by atoms with E-state index in [2.05, 4.69) is 75.2 Å². The Labute approximate surface area is 163 Å². The number of benzene rings is 1. The summed E-state index contributed by atoms with van der Waals surface area (Å²) in [6.45, 7) is 16.7. The van der Waals surface area contributed by atoms with E-state index < -0.39 is 27.1 Å². The minimum absolute atomic E-state index is 0. The Kier molecular flexibility index (Phi) is 9.68. The number of allylic oxidation sites excluding steroid dienone is 4. The maximum Gasteiger partial charge on any atom is -1.00 e. The molecular formula is C18H28Cl2NSiZr. The quantitative estimate of drug-likeness (QED) is 0.595. The van der Waals surface area contributed by atoms with Gasteiger partial charge in [0.2, 0.25) is 0 Å². The van der Waals surface area contributed by atoms with Crippen molar-refractivity contribution in [1.82, 2.24) is 0 Å². The first-order chi connectivity index (χ1) is 9.84. The monoisotopic (exact) mass is 446 g/mol. The smallest absolute Gasteiger partial charge is 1.00 e. The molecule has 1 nitrogen and oxygen atoms in total. The van der Waals surface area contributed by atoms with Gasteiger partial charge in [-0.3, -0.25) is 0 Å². The third-order valence-electron chi connectivity index (χ3n) is 4.92. The van der Waals surface area contributed by atoms with Crippen LogP contribution in [0.15, 0.2) is 44.3 Å². The van der Waals surface area contributed by atoms with E-state index in [-0.39, 0.29) is 24.8 Å². The summed E-state index contributed by atoms with van der Waals surface area (Å²) < 4.78 is 5.90. The van der Waals surface area contributed by atoms with Gasteiger partial charge in [-0.1, -0.05) is 0 Å². The second kappa shape index (κ2) is 9.61. The van der Waals surface area contributed by atoms with E-state index in [1.807, 2.05) is 3.28 Å². The van der Waals surface area contributed by atoms with E-state index in [4.69, 9.17) is 0 Å². The molecule has 1 aromatic carbocycles. The minimum atomic E-state index is -1.75. The van der Waals surface area contributed by atoms with Crippen molar-refractivity contribution >= 4 is 11.6 Å². The largest absolute Gasteiger partial charge is 1.00 e. The van der Waals surface area contributed by atoms with Gasteiger partial charge in [0, 0.05) is 0 Å². The number of halogens is 2. The van der Waals surface area contributed by atoms with Gasteiger partial charge in [0.05, 0.1) is 0 Å². The van der Waals surface area contributed by atoms with Crippen molar-refractivity contribution in [2.24, 2.45) is 5.92 Å². The van der Waals surface area contributed by atoms with Crippen LogP contribution in [-0.2, 0) is 21.2 Å². The molecule has 0 bridgehead atoms. The normalized spacial score (nSPS) is 17.1. The summed E-state index contributed by atoms with van der Waals surface area (Å²) in [5.41, 5.74) is 7.52. The molecule has 1 aliphatic rings. The molecule has 0 radical (unpaired) electrons. The fourth-order valence-corrected chi connectivity index (χ4v) is 19.4. The van der Waals surface area contributed by atoms with Gasteiger partial charge >= 0.3 is 140 Å². The molecule has 5 heteroatoms. The Morgan fingerprint density at radius 1 is 0.957 bits per heavy atom. The first-order valence-electron chi connectivity index (χ1n) is 7.93. The molecule has 0 heterocycles. The van der Waals surface area contributed by atoms with E-state index in [9.17, 15) is 0 Å². The first-order valence-corrected chi connectivity index (χ1v) is 17.5. The Morgan fingerprint density at radius 3 is 1.96 bits per heavy atom. The third-order valence-corrected chi connectivity index (χ3v) is 22.0. The summed E-state index contributed by atoms with van der Waals surface area (Å²) >= 11 is -1.75. The second-order valence-electron chi connectivity index (χ2n) is 6.58. The number of para-hydroxylation sites is 1. The zero-order chi connectivity index (χ0) is 15.7. The van der Waals surface area contributed by atoms with Gasteiger partial charge in [0.15, 0.2) is 0 Å². The standard InChI is InChI=1S/C9H13.C7H8N.C2H7Si.2ClH.Zr/c1-6-5-7(2)9(4)8(6)3;1-6-4-2-3-5-7(6)8;1-3-2;;;/h6H,1-4H3;2-5,8H,1H3;3H,1-2H3;2*1H;/q;-1;;;;+3/p-2. The van der Waals surface area contributed by atoms with Crippen LogP contribution in [0.1, 0.15) is 33.3 Å². The predicted octanol–water partition coefficient (Wildman–Crippen LogP) is -0.808. The van der Waals surface area contributed by atoms with Crippen LogP contribution in [0.3, 0.4) is 0 Å². The SMILES string of the molecule is CC1=C(C)C(C)[C]([Zr+2]([NH]c2ccccc2C)[SiH](C)C)=C1C.[Cl-].[Cl-]. The summed E-state index contributed by atoms with van der Waals surface area (Å²) in [7, 11) is 0. The molecule has 0 fully saturated rings. The van der Waals surface area contributed by atoms with Crippen LogP contribution < -0.4 is 28.1 Å². The Balaban J connectivity index is 0.00000242. The molecule has 0 saturated carbocycles. The van der Waals surface area contributed by atoms with Crippen LogP contribution in [0.5, 0.6) is 0 Å². The van der Waals surface area contributed by atoms with Crippen molar-refractivity contribution in [1.29, 1.82) is 0 Å². The molecule has 1 unspecified atom stereocenters. The fraction of sp³-hybridized carbons (Fsp3) is 0.444. The summed E-state index contributed by atoms with van der Waals surface area (Å²) in [4.78, 5) is 0. The van der Waals surface area contributed by atoms with Crippen LogP contribution in [-0.4, -0.2) is 5.92 Å². The average molecular weight is 449 g/mol. The number of rotatable bonds is 4. The Hall–Kier alpha value is 0.180. The maximum atomic E-state index is 4.06. The van der Waals surface area contributed by atoms with Gasteiger partial charge in [-0.05, 0) is 0 Å². The minimum Gasteiger partial charge on any atom is -1.00 e. The molecule has 1 aromatic rings. The van der Waals surface area contributed by atoms with Crippen molar-refractivity contribution in [2.75, 3.05) is 3.26 Å². The summed E-state index contributed by atoms with van der Waals surface area (Å²) in [6.07, 6.45) is 0. The summed E-state index contributed by atoms with van der Waals surface area (Å²) in [6, 6.07) is 8.77. The third kappa shape index (κ3) is 4.84. The number of anilines is 1. The predicted molar refractivity (Wildman–Crippen MR) is 93.9 cm³/mol. The molecule has 1 N–H and O–H groups in total. The van der Waals surface area contributed by atoms with Crippen molar-refractivity contribution in [3.8, 4) is 0 Å². The van der Waals surface area contributed by atoms with Crippen LogP contribution in [0, 0.1) is 12.8 Å². The van der Waals surface area contributed by atoms with Gasteiger partial charge in [-0.15, -0.1) is 0 Å². The van der Waals surface area contributed by atoms with Crippen LogP contribution in [0.25, 0.3) is 0 Å². The number of hydrogen-bond acceptors (Lipinski definition) is 1. The molecule has 0 spiro atoms. The first kappa shape index (κ1) is 23.2. The number of hydrogen-bond donors (Lipinski definition) is 1. The van der Waals surface area contributed by atoms with Crippen LogP contribution in [0.4, 0.5) is 5.69 Å². The summed E-state index contributed by atoms with van der Waals surface area (Å²) in [5, 5.41) is 0. The van der Waals surface area contributed by atoms with Gasteiger partial charge < -0.3 is 24.8 Å². The van der Waals surface area contributed by atoms with Gasteiger partial charge in [-0.2, -0.15) is 0 Å². The zero-order valence-corrected chi connectivity index (χ0v) is 20.3. The van der Waals surface area contributed by atoms with E-state index in [0.29, 0.717) is 5.92 Å². The zero-order valence-electron chi connectivity index (χ0n) is 15.2. The molecule has 127 valence electrons. The van der Waals surface area contributed by atoms with Crippen molar-refractivity contribution in [3.63, 3.8) is 0 Å². The van der Waals surface area contributed by atoms with Gasteiger partial charge in [0.25, 0.3) is 0 Å². The number of aryl methyl sites for hydroxylation is 1.